The highest BCUT2D eigenvalue weighted by Gasteiger charge is 2.46. The topological polar surface area (TPSA) is 220 Å². The van der Waals surface area contributed by atoms with Crippen molar-refractivity contribution in [2.75, 3.05) is 70.9 Å². The number of aryl methyl sites for hydroxylation is 3. The largest absolute Gasteiger partial charge is 0.491 e. The van der Waals surface area contributed by atoms with E-state index in [1.165, 1.54) is 0 Å². The molecule has 1 unspecified atom stereocenters. The van der Waals surface area contributed by atoms with Gasteiger partial charge in [0.25, 0.3) is 11.5 Å². The molecule has 3 heterocycles. The summed E-state index contributed by atoms with van der Waals surface area (Å²) < 4.78 is 28.5. The van der Waals surface area contributed by atoms with Crippen LogP contribution in [0.2, 0.25) is 0 Å². The van der Waals surface area contributed by atoms with Crippen LogP contribution in [0.15, 0.2) is 83.1 Å². The average Bonchev–Trinajstić information content (AvgIpc) is 4.04. The van der Waals surface area contributed by atoms with Gasteiger partial charge in [-0.3, -0.25) is 24.0 Å². The number of amides is 3. The van der Waals surface area contributed by atoms with Gasteiger partial charge in [-0.05, 0) is 123 Å². The van der Waals surface area contributed by atoms with Crippen molar-refractivity contribution < 1.29 is 48.0 Å². The van der Waals surface area contributed by atoms with Crippen LogP contribution in [0.4, 0.5) is 5.69 Å². The van der Waals surface area contributed by atoms with Gasteiger partial charge >= 0.3 is 0 Å². The van der Waals surface area contributed by atoms with Crippen molar-refractivity contribution in [3.05, 3.63) is 122 Å². The van der Waals surface area contributed by atoms with Crippen molar-refractivity contribution in [3.8, 4) is 27.3 Å². The molecule has 1 aliphatic carbocycles. The van der Waals surface area contributed by atoms with Crippen LogP contribution >= 0.6 is 11.3 Å². The summed E-state index contributed by atoms with van der Waals surface area (Å²) in [6.07, 6.45) is 1.29. The van der Waals surface area contributed by atoms with Crippen molar-refractivity contribution in [1.82, 2.24) is 25.9 Å². The van der Waals surface area contributed by atoms with Gasteiger partial charge in [0.1, 0.15) is 19.0 Å². The summed E-state index contributed by atoms with van der Waals surface area (Å²) in [5.41, 5.74) is 9.21. The molecule has 4 atom stereocenters. The number of ketones is 1. The Hall–Kier alpha value is -6.28. The normalized spacial score (nSPS) is 17.2. The third-order valence-corrected chi connectivity index (χ3v) is 15.2. The van der Waals surface area contributed by atoms with Gasteiger partial charge < -0.3 is 54.6 Å². The molecule has 0 bridgehead atoms. The van der Waals surface area contributed by atoms with Crippen LogP contribution in [0, 0.1) is 38.0 Å². The summed E-state index contributed by atoms with van der Waals surface area (Å²) >= 11 is 1.57. The lowest BCUT2D eigenvalue weighted by Crippen LogP contribution is -2.53. The van der Waals surface area contributed by atoms with Crippen molar-refractivity contribution in [3.63, 3.8) is 0 Å². The second kappa shape index (κ2) is 27.9. The van der Waals surface area contributed by atoms with E-state index in [0.717, 1.165) is 69.2 Å². The molecule has 1 saturated heterocycles. The number of pyridine rings is 1. The molecule has 2 aromatic heterocycles. The first-order chi connectivity index (χ1) is 37.0. The maximum atomic E-state index is 14.1. The van der Waals surface area contributed by atoms with Crippen LogP contribution in [0.25, 0.3) is 21.6 Å². The Morgan fingerprint density at radius 1 is 0.818 bits per heavy atom. The van der Waals surface area contributed by atoms with E-state index >= 15 is 0 Å². The molecule has 5 aromatic rings. The van der Waals surface area contributed by atoms with E-state index in [9.17, 15) is 29.1 Å². The Balaban J connectivity index is 0.806. The molecule has 3 aromatic carbocycles. The standard InChI is InChI=1S/C59H76N6O11S/c1-8-65(45-17-19-72-20-18-45)46-29-43(28-44(30-46)56(69)61-34-51-37(2)27-38(3)63-58(51)71)41-13-15-48(16-14-41)76-26-25-74-22-21-73-23-24-75-35-52(67)64-55(59(5,6)7)53(68)49-31-47(66)32-50(49)57(70)60-33-40-9-11-42(12-10-40)54-39(4)62-36-77-54/h9-16,27-30,36,45,47,49-50,55,66H,8,17-26,31-35H2,1-7H3,(H,60,70)(H,61,69)(H,63,71)(H,64,67)/t47-,49?,50+,55+/m0/s1. The number of benzene rings is 3. The zero-order chi connectivity index (χ0) is 55.1. The summed E-state index contributed by atoms with van der Waals surface area (Å²) in [5, 5.41) is 19.4. The van der Waals surface area contributed by atoms with Gasteiger partial charge in [-0.15, -0.1) is 11.3 Å². The molecule has 7 rings (SSSR count). The molecule has 77 heavy (non-hydrogen) atoms. The lowest BCUT2D eigenvalue weighted by atomic mass is 9.77. The molecule has 1 aliphatic heterocycles. The number of anilines is 1. The minimum atomic E-state index is -0.906. The number of Topliss-reactive ketones (excluding diaryl/α,β-unsaturated/α-hetero) is 1. The molecular weight excluding hydrogens is 1000 g/mol. The number of ether oxygens (including phenoxy) is 5. The summed E-state index contributed by atoms with van der Waals surface area (Å²) in [6.45, 7) is 17.2. The van der Waals surface area contributed by atoms with Crippen LogP contribution in [0.3, 0.4) is 0 Å². The number of aromatic amines is 1. The second-order valence-corrected chi connectivity index (χ2v) is 21.8. The molecule has 5 N–H and O–H groups in total. The van der Waals surface area contributed by atoms with Gasteiger partial charge in [0.05, 0.1) is 67.2 Å². The van der Waals surface area contributed by atoms with E-state index in [0.29, 0.717) is 56.5 Å². The van der Waals surface area contributed by atoms with Gasteiger partial charge in [-0.25, -0.2) is 4.98 Å². The van der Waals surface area contributed by atoms with Crippen LogP contribution in [0.1, 0.15) is 91.8 Å². The Kier molecular flexibility index (Phi) is 21.1. The fourth-order valence-corrected chi connectivity index (χ4v) is 10.9. The number of thiazole rings is 1. The minimum absolute atomic E-state index is 0.108. The molecule has 17 nitrogen and oxygen atoms in total. The van der Waals surface area contributed by atoms with Crippen molar-refractivity contribution in [2.45, 2.75) is 105 Å². The van der Waals surface area contributed by atoms with Crippen LogP contribution in [0.5, 0.6) is 5.75 Å². The number of hydrogen-bond donors (Lipinski definition) is 5. The van der Waals surface area contributed by atoms with Crippen LogP contribution in [-0.4, -0.2) is 123 Å². The fourth-order valence-electron chi connectivity index (χ4n) is 10.1. The van der Waals surface area contributed by atoms with Gasteiger partial charge in [-0.1, -0.05) is 57.2 Å². The van der Waals surface area contributed by atoms with E-state index in [4.69, 9.17) is 23.7 Å². The zero-order valence-corrected chi connectivity index (χ0v) is 46.4. The quantitative estimate of drug-likeness (QED) is 0.0345. The maximum Gasteiger partial charge on any atom is 0.253 e. The number of H-pyrrole nitrogens is 1. The number of carbonyl (C=O) groups is 4. The first kappa shape index (κ1) is 58.4. The third kappa shape index (κ3) is 16.4. The molecule has 2 aliphatic rings. The average molecular weight is 1080 g/mol. The summed E-state index contributed by atoms with van der Waals surface area (Å²) in [4.78, 5) is 77.6. The highest BCUT2D eigenvalue weighted by atomic mass is 32.1. The monoisotopic (exact) mass is 1080 g/mol. The first-order valence-electron chi connectivity index (χ1n) is 26.7. The maximum absolute atomic E-state index is 14.1. The van der Waals surface area contributed by atoms with Gasteiger partial charge in [0, 0.05) is 67.3 Å². The number of carbonyl (C=O) groups excluding carboxylic acids is 4. The number of nitrogens with one attached hydrogen (secondary N) is 4. The Morgan fingerprint density at radius 3 is 2.13 bits per heavy atom. The van der Waals surface area contributed by atoms with Crippen LogP contribution in [-0.2, 0) is 46.4 Å². The summed E-state index contributed by atoms with van der Waals surface area (Å²) in [6, 6.07) is 22.8. The third-order valence-electron chi connectivity index (χ3n) is 14.2. The number of hydrogen-bond acceptors (Lipinski definition) is 14. The lowest BCUT2D eigenvalue weighted by molar-refractivity contribution is -0.138. The Labute approximate surface area is 455 Å². The molecule has 2 fully saturated rings. The molecule has 0 spiro atoms. The SMILES string of the molecule is CCN(c1cc(C(=O)NCc2c(C)cc(C)[nH]c2=O)cc(-c2ccc(OCCOCCOCCOCC(=O)N[C@H](C(=O)C3C[C@H](O)C[C@H]3C(=O)NCc3ccc(-c4scnc4C)cc3)C(C)(C)C)cc2)c1)C1CCOCC1. The number of aromatic nitrogens is 2. The van der Waals surface area contributed by atoms with Crippen molar-refractivity contribution in [2.24, 2.45) is 17.3 Å². The van der Waals surface area contributed by atoms with E-state index in [1.807, 2.05) is 114 Å². The minimum Gasteiger partial charge on any atom is -0.491 e. The predicted molar refractivity (Wildman–Crippen MR) is 297 cm³/mol. The molecule has 0 radical (unpaired) electrons. The number of rotatable bonds is 26. The smallest absolute Gasteiger partial charge is 0.253 e. The lowest BCUT2D eigenvalue weighted by Gasteiger charge is -2.35. The zero-order valence-electron chi connectivity index (χ0n) is 45.5. The molecular formula is C59H76N6O11S. The number of nitrogens with zero attached hydrogens (tertiary/aromatic N) is 2. The van der Waals surface area contributed by atoms with Gasteiger partial charge in [0.15, 0.2) is 5.78 Å². The number of aliphatic hydroxyl groups is 1. The van der Waals surface area contributed by atoms with Crippen molar-refractivity contribution >= 4 is 40.5 Å². The van der Waals surface area contributed by atoms with E-state index in [-0.39, 0.29) is 75.0 Å². The Morgan fingerprint density at radius 2 is 1.48 bits per heavy atom. The van der Waals surface area contributed by atoms with Crippen molar-refractivity contribution in [1.29, 1.82) is 0 Å². The molecule has 414 valence electrons. The van der Waals surface area contributed by atoms with Crippen LogP contribution < -0.4 is 31.1 Å². The van der Waals surface area contributed by atoms with Gasteiger partial charge in [-0.2, -0.15) is 0 Å². The molecule has 18 heteroatoms. The summed E-state index contributed by atoms with van der Waals surface area (Å²) in [7, 11) is 0. The first-order valence-corrected chi connectivity index (χ1v) is 27.6. The highest BCUT2D eigenvalue weighted by Crippen LogP contribution is 2.37. The van der Waals surface area contributed by atoms with E-state index in [1.54, 1.807) is 11.3 Å². The van der Waals surface area contributed by atoms with Gasteiger partial charge in [0.2, 0.25) is 11.8 Å². The molecule has 3 amide bonds. The molecule has 1 saturated carbocycles. The van der Waals surface area contributed by atoms with E-state index < -0.39 is 35.3 Å². The van der Waals surface area contributed by atoms with E-state index in [2.05, 4.69) is 43.8 Å². The highest BCUT2D eigenvalue weighted by molar-refractivity contribution is 7.13. The fraction of sp³-hybridized carbons (Fsp3) is 0.492. The number of aliphatic hydroxyl groups excluding tert-OH is 1. The second-order valence-electron chi connectivity index (χ2n) is 21.0. The Bertz CT molecular complexity index is 2820. The predicted octanol–water partition coefficient (Wildman–Crippen LogP) is 7.26. The summed E-state index contributed by atoms with van der Waals surface area (Å²) in [5.74, 6) is -2.15.